The Bertz CT molecular complexity index is 791. The Morgan fingerprint density at radius 2 is 2.30 bits per heavy atom. The predicted octanol–water partition coefficient (Wildman–Crippen LogP) is 2.65. The van der Waals surface area contributed by atoms with Crippen LogP contribution in [0.2, 0.25) is 0 Å². The van der Waals surface area contributed by atoms with Crippen LogP contribution < -0.4 is 4.74 Å². The molecule has 120 valence electrons. The molecule has 0 aliphatic carbocycles. The number of fused-ring (bicyclic) bond motifs is 1. The Kier molecular flexibility index (Phi) is 4.82. The van der Waals surface area contributed by atoms with Gasteiger partial charge in [-0.25, -0.2) is 9.83 Å². The highest BCUT2D eigenvalue weighted by atomic mass is 16.5. The summed E-state index contributed by atoms with van der Waals surface area (Å²) >= 11 is 0. The quantitative estimate of drug-likeness (QED) is 0.635. The van der Waals surface area contributed by atoms with E-state index in [9.17, 15) is 9.90 Å². The lowest BCUT2D eigenvalue weighted by Crippen LogP contribution is -2.27. The molecule has 6 nitrogen and oxygen atoms in total. The fourth-order valence-corrected chi connectivity index (χ4v) is 2.02. The summed E-state index contributed by atoms with van der Waals surface area (Å²) in [7, 11) is 0. The van der Waals surface area contributed by atoms with Gasteiger partial charge in [0.1, 0.15) is 18.0 Å². The third-order valence-electron chi connectivity index (χ3n) is 3.18. The van der Waals surface area contributed by atoms with Crippen LogP contribution in [-0.2, 0) is 11.2 Å². The number of aliphatic hydroxyl groups is 1. The number of hydrogen-bond donors (Lipinski definition) is 2. The molecule has 2 N–H and O–H groups in total. The van der Waals surface area contributed by atoms with Gasteiger partial charge in [-0.1, -0.05) is 6.08 Å². The average molecular weight is 313 g/mol. The van der Waals surface area contributed by atoms with E-state index in [1.807, 2.05) is 6.07 Å². The number of hydrogen-bond acceptors (Lipinski definition) is 4. The predicted molar refractivity (Wildman–Crippen MR) is 87.0 cm³/mol. The average Bonchev–Trinajstić information content (AvgIpc) is 2.87. The molecule has 0 aliphatic rings. The van der Waals surface area contributed by atoms with Crippen molar-refractivity contribution in [3.63, 3.8) is 0 Å². The minimum absolute atomic E-state index is 0.127. The van der Waals surface area contributed by atoms with Crippen LogP contribution in [0.1, 0.15) is 26.3 Å². The second-order valence-corrected chi connectivity index (χ2v) is 5.94. The highest BCUT2D eigenvalue weighted by Gasteiger charge is 2.14. The van der Waals surface area contributed by atoms with Crippen LogP contribution in [0.15, 0.2) is 30.2 Å². The molecule has 0 aromatic carbocycles. The molecule has 0 saturated carbocycles. The second-order valence-electron chi connectivity index (χ2n) is 5.94. The van der Waals surface area contributed by atoms with Crippen molar-refractivity contribution in [2.75, 3.05) is 6.61 Å². The molecule has 0 spiro atoms. The third kappa shape index (κ3) is 4.41. The molecule has 0 saturated heterocycles. The first-order valence-electron chi connectivity index (χ1n) is 7.20. The molecule has 0 bridgehead atoms. The first kappa shape index (κ1) is 16.7. The molecule has 0 atom stereocenters. The van der Waals surface area contributed by atoms with Gasteiger partial charge in [-0.3, -0.25) is 0 Å². The summed E-state index contributed by atoms with van der Waals surface area (Å²) in [5, 5.41) is 10.6. The van der Waals surface area contributed by atoms with Crippen LogP contribution in [0.5, 0.6) is 5.75 Å². The number of carbonyl (C=O) groups excluding carboxylic acids is 1. The number of aromatic nitrogens is 2. The smallest absolute Gasteiger partial charge is 0.225 e. The fourth-order valence-electron chi connectivity index (χ4n) is 2.02. The van der Waals surface area contributed by atoms with Crippen LogP contribution in [0.3, 0.4) is 0 Å². The number of nitrogens with zero attached hydrogens (tertiary/aromatic N) is 2. The maximum absolute atomic E-state index is 11.3. The van der Waals surface area contributed by atoms with Crippen LogP contribution in [0, 0.1) is 6.57 Å². The van der Waals surface area contributed by atoms with Crippen LogP contribution in [-0.4, -0.2) is 33.1 Å². The van der Waals surface area contributed by atoms with Crippen LogP contribution >= 0.6 is 0 Å². The summed E-state index contributed by atoms with van der Waals surface area (Å²) in [5.41, 5.74) is 0.826. The maximum atomic E-state index is 11.3. The molecule has 2 aromatic heterocycles. The van der Waals surface area contributed by atoms with Crippen LogP contribution in [0.4, 0.5) is 0 Å². The number of rotatable bonds is 6. The first-order chi connectivity index (χ1) is 10.8. The standard InChI is InChI=1S/C17H19N3O3/c1-11(21)15(18-4)6-5-12-8-19-16-14(12)7-13(9-20-16)23-10-17(2,3)22/h6-9,22H,5,10H2,1-3H3,(H,19,20)/b15-6-. The fraction of sp³-hybridized carbons (Fsp3) is 0.353. The van der Waals surface area contributed by atoms with E-state index in [1.54, 1.807) is 32.3 Å². The van der Waals surface area contributed by atoms with Gasteiger partial charge in [-0.2, -0.15) is 0 Å². The summed E-state index contributed by atoms with van der Waals surface area (Å²) in [6, 6.07) is 1.83. The van der Waals surface area contributed by atoms with Gasteiger partial charge in [-0.15, -0.1) is 0 Å². The Morgan fingerprint density at radius 3 is 2.91 bits per heavy atom. The minimum Gasteiger partial charge on any atom is -0.489 e. The Morgan fingerprint density at radius 1 is 1.57 bits per heavy atom. The third-order valence-corrected chi connectivity index (χ3v) is 3.18. The molecule has 0 unspecified atom stereocenters. The van der Waals surface area contributed by atoms with Gasteiger partial charge in [0, 0.05) is 11.6 Å². The zero-order chi connectivity index (χ0) is 17.0. The summed E-state index contributed by atoms with van der Waals surface area (Å²) in [6.45, 7) is 11.9. The SMILES string of the molecule is [C-]#[N+]/C(=C\Cc1c[nH]c2ncc(OCC(C)(C)O)cc12)C(C)=O. The molecule has 23 heavy (non-hydrogen) atoms. The number of ether oxygens (including phenoxy) is 1. The van der Waals surface area contributed by atoms with Crippen molar-refractivity contribution in [1.29, 1.82) is 0 Å². The second kappa shape index (κ2) is 6.63. The number of allylic oxidation sites excluding steroid dienone is 2. The Labute approximate surface area is 134 Å². The molecule has 6 heteroatoms. The van der Waals surface area contributed by atoms with Crippen molar-refractivity contribution in [2.24, 2.45) is 0 Å². The molecule has 2 rings (SSSR count). The topological polar surface area (TPSA) is 79.6 Å². The first-order valence-corrected chi connectivity index (χ1v) is 7.20. The molecule has 0 radical (unpaired) electrons. The number of aromatic amines is 1. The van der Waals surface area contributed by atoms with Gasteiger partial charge in [-0.05, 0) is 38.8 Å². The van der Waals surface area contributed by atoms with Gasteiger partial charge in [0.25, 0.3) is 0 Å². The van der Waals surface area contributed by atoms with E-state index in [0.717, 1.165) is 10.9 Å². The molecular formula is C17H19N3O3. The van der Waals surface area contributed by atoms with Gasteiger partial charge < -0.3 is 19.6 Å². The highest BCUT2D eigenvalue weighted by Crippen LogP contribution is 2.23. The van der Waals surface area contributed by atoms with Crippen LogP contribution in [0.25, 0.3) is 15.9 Å². The molecule has 2 aromatic rings. The molecule has 2 heterocycles. The monoisotopic (exact) mass is 313 g/mol. The van der Waals surface area contributed by atoms with Crippen molar-refractivity contribution in [1.82, 2.24) is 9.97 Å². The van der Waals surface area contributed by atoms with E-state index >= 15 is 0 Å². The number of Topliss-reactive ketones (excluding diaryl/α,β-unsaturated/α-hetero) is 1. The lowest BCUT2D eigenvalue weighted by atomic mass is 10.1. The largest absolute Gasteiger partial charge is 0.489 e. The minimum atomic E-state index is -0.926. The molecule has 0 aliphatic heterocycles. The van der Waals surface area contributed by atoms with Gasteiger partial charge in [0.15, 0.2) is 5.78 Å². The molecule has 0 fully saturated rings. The highest BCUT2D eigenvalue weighted by molar-refractivity contribution is 5.95. The van der Waals surface area contributed by atoms with Crippen molar-refractivity contribution in [3.05, 3.63) is 47.2 Å². The summed E-state index contributed by atoms with van der Waals surface area (Å²) < 4.78 is 5.54. The summed E-state index contributed by atoms with van der Waals surface area (Å²) in [4.78, 5) is 21.8. The lowest BCUT2D eigenvalue weighted by Gasteiger charge is -2.17. The van der Waals surface area contributed by atoms with Gasteiger partial charge in [0.05, 0.1) is 18.4 Å². The lowest BCUT2D eigenvalue weighted by molar-refractivity contribution is -0.113. The number of H-pyrrole nitrogens is 1. The van der Waals surface area contributed by atoms with E-state index in [0.29, 0.717) is 17.8 Å². The maximum Gasteiger partial charge on any atom is 0.225 e. The van der Waals surface area contributed by atoms with Gasteiger partial charge in [0.2, 0.25) is 5.70 Å². The zero-order valence-corrected chi connectivity index (χ0v) is 13.4. The van der Waals surface area contributed by atoms with E-state index < -0.39 is 5.60 Å². The Hall–Kier alpha value is -2.65. The van der Waals surface area contributed by atoms with E-state index in [1.165, 1.54) is 6.92 Å². The van der Waals surface area contributed by atoms with Gasteiger partial charge >= 0.3 is 0 Å². The summed E-state index contributed by atoms with van der Waals surface area (Å²) in [5.74, 6) is 0.314. The number of carbonyl (C=O) groups is 1. The number of nitrogens with one attached hydrogen (secondary N) is 1. The molecular weight excluding hydrogens is 294 g/mol. The van der Waals surface area contributed by atoms with Crippen molar-refractivity contribution in [2.45, 2.75) is 32.8 Å². The normalized spacial score (nSPS) is 12.2. The summed E-state index contributed by atoms with van der Waals surface area (Å²) in [6.07, 6.45) is 5.45. The number of pyridine rings is 1. The number of ketones is 1. The Balaban J connectivity index is 2.25. The molecule has 0 amide bonds. The zero-order valence-electron chi connectivity index (χ0n) is 13.4. The van der Waals surface area contributed by atoms with Crippen molar-refractivity contribution >= 4 is 16.8 Å². The van der Waals surface area contributed by atoms with E-state index in [2.05, 4.69) is 14.8 Å². The van der Waals surface area contributed by atoms with Crippen molar-refractivity contribution in [3.8, 4) is 5.75 Å². The van der Waals surface area contributed by atoms with E-state index in [-0.39, 0.29) is 18.1 Å². The van der Waals surface area contributed by atoms with Crippen molar-refractivity contribution < 1.29 is 14.6 Å². The van der Waals surface area contributed by atoms with E-state index in [4.69, 9.17) is 11.3 Å².